The second-order valence-electron chi connectivity index (χ2n) is 6.06. The van der Waals surface area contributed by atoms with Gasteiger partial charge in [0.1, 0.15) is 0 Å². The van der Waals surface area contributed by atoms with Crippen LogP contribution in [0.5, 0.6) is 0 Å². The van der Waals surface area contributed by atoms with Crippen LogP contribution < -0.4 is 0 Å². The maximum atomic E-state index is 12.8. The van der Waals surface area contributed by atoms with Crippen molar-refractivity contribution in [2.45, 2.75) is 63.9 Å². The fourth-order valence-corrected chi connectivity index (χ4v) is 4.61. The first-order valence-electron chi connectivity index (χ1n) is 8.45. The molecule has 7 heteroatoms. The highest BCUT2D eigenvalue weighted by atomic mass is 32.2. The Morgan fingerprint density at radius 3 is 1.40 bits per heavy atom. The molecule has 0 aromatic rings. The Labute approximate surface area is 151 Å². The van der Waals surface area contributed by atoms with Gasteiger partial charge in [-0.1, -0.05) is 27.0 Å². The van der Waals surface area contributed by atoms with E-state index in [1.54, 1.807) is 13.8 Å². The van der Waals surface area contributed by atoms with Gasteiger partial charge in [-0.15, -0.1) is 0 Å². The molecule has 0 aromatic carbocycles. The molecule has 0 aliphatic carbocycles. The Hall–Kier alpha value is -1.63. The number of esters is 2. The Balaban J connectivity index is 4.76. The predicted molar refractivity (Wildman–Crippen MR) is 97.9 cm³/mol. The Kier molecular flexibility index (Phi) is 10.4. The van der Waals surface area contributed by atoms with E-state index in [0.29, 0.717) is 12.8 Å². The van der Waals surface area contributed by atoms with Gasteiger partial charge in [0.05, 0.1) is 23.7 Å². The van der Waals surface area contributed by atoms with Gasteiger partial charge in [0, 0.05) is 11.1 Å². The molecule has 2 atom stereocenters. The van der Waals surface area contributed by atoms with Gasteiger partial charge < -0.3 is 9.47 Å². The van der Waals surface area contributed by atoms with E-state index in [4.69, 9.17) is 9.47 Å². The zero-order chi connectivity index (χ0) is 19.6. The van der Waals surface area contributed by atoms with Gasteiger partial charge in [-0.25, -0.2) is 18.0 Å². The summed E-state index contributed by atoms with van der Waals surface area (Å²) in [5.41, 5.74) is 0.559. The summed E-state index contributed by atoms with van der Waals surface area (Å²) in [4.78, 5) is 22.8. The first kappa shape index (κ1) is 23.4. The minimum Gasteiger partial charge on any atom is -0.462 e. The zero-order valence-corrected chi connectivity index (χ0v) is 16.5. The average Bonchev–Trinajstić information content (AvgIpc) is 2.54. The smallest absolute Gasteiger partial charge is 0.333 e. The van der Waals surface area contributed by atoms with Crippen molar-refractivity contribution in [3.63, 3.8) is 0 Å². The van der Waals surface area contributed by atoms with E-state index in [1.807, 2.05) is 0 Å². The van der Waals surface area contributed by atoms with Crippen molar-refractivity contribution in [1.82, 2.24) is 0 Å². The summed E-state index contributed by atoms with van der Waals surface area (Å²) in [5.74, 6) is -1.04. The number of carbonyl (C=O) groups excluding carboxylic acids is 2. The Morgan fingerprint density at radius 2 is 1.16 bits per heavy atom. The second kappa shape index (κ2) is 11.1. The number of hydrogen-bond acceptors (Lipinski definition) is 6. The lowest BCUT2D eigenvalue weighted by molar-refractivity contribution is -0.139. The van der Waals surface area contributed by atoms with Crippen molar-refractivity contribution >= 4 is 21.8 Å². The standard InChI is InChI=1S/C18H30O6S/c1-7-15(9-11-23-17(19)13(3)4)25(21,22)16(8-2)10-12-24-18(20)14(5)6/h15-16H,3,5,7-12H2,1-2,4,6H3. The molecule has 0 amide bonds. The van der Waals surface area contributed by atoms with Gasteiger partial charge in [-0.3, -0.25) is 0 Å². The van der Waals surface area contributed by atoms with E-state index in [9.17, 15) is 18.0 Å². The maximum Gasteiger partial charge on any atom is 0.333 e. The molecule has 25 heavy (non-hydrogen) atoms. The van der Waals surface area contributed by atoms with E-state index < -0.39 is 32.3 Å². The number of sulfone groups is 1. The van der Waals surface area contributed by atoms with Crippen LogP contribution in [0, 0.1) is 0 Å². The molecule has 0 radical (unpaired) electrons. The van der Waals surface area contributed by atoms with Crippen LogP contribution in [0.4, 0.5) is 0 Å². The van der Waals surface area contributed by atoms with E-state index in [-0.39, 0.29) is 37.2 Å². The van der Waals surface area contributed by atoms with Gasteiger partial charge in [-0.05, 0) is 39.5 Å². The number of rotatable bonds is 12. The lowest BCUT2D eigenvalue weighted by Gasteiger charge is -2.23. The molecule has 0 bridgehead atoms. The fraction of sp³-hybridized carbons (Fsp3) is 0.667. The van der Waals surface area contributed by atoms with Crippen LogP contribution in [0.25, 0.3) is 0 Å². The van der Waals surface area contributed by atoms with E-state index >= 15 is 0 Å². The van der Waals surface area contributed by atoms with Crippen LogP contribution in [0.2, 0.25) is 0 Å². The van der Waals surface area contributed by atoms with Crippen molar-refractivity contribution in [3.05, 3.63) is 24.3 Å². The van der Waals surface area contributed by atoms with Crippen LogP contribution >= 0.6 is 0 Å². The minimum absolute atomic E-state index is 0.0323. The molecule has 0 aliphatic heterocycles. The molecule has 2 unspecified atom stereocenters. The first-order valence-corrected chi connectivity index (χ1v) is 10.1. The normalized spacial score (nSPS) is 13.6. The highest BCUT2D eigenvalue weighted by Crippen LogP contribution is 2.21. The molecule has 0 aromatic heterocycles. The zero-order valence-electron chi connectivity index (χ0n) is 15.7. The molecular weight excluding hydrogens is 344 g/mol. The predicted octanol–water partition coefficient (Wildman–Crippen LogP) is 2.98. The molecule has 0 heterocycles. The van der Waals surface area contributed by atoms with Crippen LogP contribution in [0.15, 0.2) is 24.3 Å². The van der Waals surface area contributed by atoms with Crippen LogP contribution in [-0.2, 0) is 28.9 Å². The molecule has 0 saturated carbocycles. The van der Waals surface area contributed by atoms with Gasteiger partial charge in [0.2, 0.25) is 0 Å². The van der Waals surface area contributed by atoms with Crippen molar-refractivity contribution in [1.29, 1.82) is 0 Å². The highest BCUT2D eigenvalue weighted by Gasteiger charge is 2.32. The molecule has 144 valence electrons. The summed E-state index contributed by atoms with van der Waals surface area (Å²) >= 11 is 0. The fourth-order valence-electron chi connectivity index (χ4n) is 2.29. The van der Waals surface area contributed by atoms with Gasteiger partial charge in [0.15, 0.2) is 9.84 Å². The third-order valence-electron chi connectivity index (χ3n) is 3.88. The van der Waals surface area contributed by atoms with Crippen molar-refractivity contribution < 1.29 is 27.5 Å². The monoisotopic (exact) mass is 374 g/mol. The topological polar surface area (TPSA) is 86.7 Å². The van der Waals surface area contributed by atoms with E-state index in [0.717, 1.165) is 0 Å². The minimum atomic E-state index is -3.43. The molecule has 0 fully saturated rings. The van der Waals surface area contributed by atoms with Crippen molar-refractivity contribution in [2.24, 2.45) is 0 Å². The quantitative estimate of drug-likeness (QED) is 0.385. The lowest BCUT2D eigenvalue weighted by atomic mass is 10.2. The van der Waals surface area contributed by atoms with E-state index in [2.05, 4.69) is 13.2 Å². The largest absolute Gasteiger partial charge is 0.462 e. The Bertz CT molecular complexity index is 545. The number of carbonyl (C=O) groups is 2. The summed E-state index contributed by atoms with van der Waals surface area (Å²) in [5, 5.41) is -1.21. The third-order valence-corrected chi connectivity index (χ3v) is 6.88. The van der Waals surface area contributed by atoms with Crippen molar-refractivity contribution in [3.8, 4) is 0 Å². The first-order chi connectivity index (χ1) is 11.6. The number of ether oxygens (including phenoxy) is 2. The lowest BCUT2D eigenvalue weighted by Crippen LogP contribution is -2.33. The highest BCUT2D eigenvalue weighted by molar-refractivity contribution is 7.92. The summed E-state index contributed by atoms with van der Waals surface area (Å²) in [6.07, 6.45) is 1.32. The van der Waals surface area contributed by atoms with Crippen LogP contribution in [0.1, 0.15) is 53.4 Å². The van der Waals surface area contributed by atoms with Crippen LogP contribution in [0.3, 0.4) is 0 Å². The number of hydrogen-bond donors (Lipinski definition) is 0. The van der Waals surface area contributed by atoms with Crippen LogP contribution in [-0.4, -0.2) is 44.1 Å². The third kappa shape index (κ3) is 7.86. The Morgan fingerprint density at radius 1 is 0.840 bits per heavy atom. The van der Waals surface area contributed by atoms with Gasteiger partial charge >= 0.3 is 11.9 Å². The molecule has 0 spiro atoms. The summed E-state index contributed by atoms with van der Waals surface area (Å²) < 4.78 is 35.6. The average molecular weight is 374 g/mol. The molecular formula is C18H30O6S. The second-order valence-corrected chi connectivity index (χ2v) is 8.57. The molecule has 0 N–H and O–H groups in total. The van der Waals surface area contributed by atoms with Gasteiger partial charge in [0.25, 0.3) is 0 Å². The summed E-state index contributed by atoms with van der Waals surface area (Å²) in [7, 11) is -3.43. The molecule has 0 aliphatic rings. The maximum absolute atomic E-state index is 12.8. The molecule has 0 saturated heterocycles. The molecule has 6 nitrogen and oxygen atoms in total. The SMILES string of the molecule is C=C(C)C(=O)OCCC(CC)S(=O)(=O)C(CC)CCOC(=O)C(=C)C. The summed E-state index contributed by atoms with van der Waals surface area (Å²) in [6, 6.07) is 0. The van der Waals surface area contributed by atoms with Crippen molar-refractivity contribution in [2.75, 3.05) is 13.2 Å². The molecule has 0 rings (SSSR count). The van der Waals surface area contributed by atoms with E-state index in [1.165, 1.54) is 13.8 Å². The van der Waals surface area contributed by atoms with Gasteiger partial charge in [-0.2, -0.15) is 0 Å². The summed E-state index contributed by atoms with van der Waals surface area (Å²) in [6.45, 7) is 13.7.